The lowest BCUT2D eigenvalue weighted by Gasteiger charge is -2.30. The van der Waals surface area contributed by atoms with Crippen molar-refractivity contribution in [2.75, 3.05) is 13.1 Å². The molecule has 5 heteroatoms. The van der Waals surface area contributed by atoms with Crippen molar-refractivity contribution in [3.63, 3.8) is 0 Å². The SMILES string of the molecule is NC(=O)C1CCCN(C(=O)C=Cc2ccccc2Br)C1. The number of benzene rings is 1. The average molecular weight is 337 g/mol. The van der Waals surface area contributed by atoms with E-state index in [-0.39, 0.29) is 17.7 Å². The van der Waals surface area contributed by atoms with Crippen LogP contribution in [0.2, 0.25) is 0 Å². The molecule has 1 heterocycles. The lowest BCUT2D eigenvalue weighted by atomic mass is 9.97. The molecule has 0 aliphatic carbocycles. The molecule has 0 radical (unpaired) electrons. The van der Waals surface area contributed by atoms with E-state index in [1.54, 1.807) is 17.1 Å². The maximum absolute atomic E-state index is 12.1. The van der Waals surface area contributed by atoms with Crippen LogP contribution in [-0.4, -0.2) is 29.8 Å². The van der Waals surface area contributed by atoms with E-state index in [1.165, 1.54) is 0 Å². The number of rotatable bonds is 3. The summed E-state index contributed by atoms with van der Waals surface area (Å²) in [4.78, 5) is 25.0. The second kappa shape index (κ2) is 6.70. The number of nitrogens with zero attached hydrogens (tertiary/aromatic N) is 1. The molecule has 1 aliphatic heterocycles. The molecule has 2 N–H and O–H groups in total. The van der Waals surface area contributed by atoms with Gasteiger partial charge < -0.3 is 10.6 Å². The minimum atomic E-state index is -0.322. The number of likely N-dealkylation sites (tertiary alicyclic amines) is 1. The zero-order valence-corrected chi connectivity index (χ0v) is 12.7. The van der Waals surface area contributed by atoms with Crippen molar-refractivity contribution in [1.82, 2.24) is 4.90 Å². The van der Waals surface area contributed by atoms with Crippen LogP contribution in [0.4, 0.5) is 0 Å². The number of primary amides is 1. The molecule has 1 aliphatic rings. The van der Waals surface area contributed by atoms with Crippen molar-refractivity contribution >= 4 is 33.8 Å². The lowest BCUT2D eigenvalue weighted by Crippen LogP contribution is -2.43. The van der Waals surface area contributed by atoms with Crippen molar-refractivity contribution in [1.29, 1.82) is 0 Å². The van der Waals surface area contributed by atoms with Crippen LogP contribution in [0, 0.1) is 5.92 Å². The van der Waals surface area contributed by atoms with Gasteiger partial charge >= 0.3 is 0 Å². The van der Waals surface area contributed by atoms with E-state index < -0.39 is 0 Å². The minimum absolute atomic E-state index is 0.0771. The Bertz CT molecular complexity index is 542. The van der Waals surface area contributed by atoms with E-state index in [2.05, 4.69) is 15.9 Å². The topological polar surface area (TPSA) is 63.4 Å². The summed E-state index contributed by atoms with van der Waals surface area (Å²) in [5.74, 6) is -0.617. The normalized spacial score (nSPS) is 19.2. The van der Waals surface area contributed by atoms with Gasteiger partial charge in [0.25, 0.3) is 0 Å². The van der Waals surface area contributed by atoms with Crippen LogP contribution in [0.5, 0.6) is 0 Å². The molecular formula is C15H17BrN2O2. The monoisotopic (exact) mass is 336 g/mol. The van der Waals surface area contributed by atoms with Gasteiger partial charge in [0.05, 0.1) is 5.92 Å². The molecular weight excluding hydrogens is 320 g/mol. The van der Waals surface area contributed by atoms with E-state index >= 15 is 0 Å². The first-order valence-corrected chi connectivity index (χ1v) is 7.38. The average Bonchev–Trinajstić information content (AvgIpc) is 2.46. The molecule has 1 atom stereocenters. The van der Waals surface area contributed by atoms with Crippen molar-refractivity contribution in [2.45, 2.75) is 12.8 Å². The largest absolute Gasteiger partial charge is 0.369 e. The molecule has 0 bridgehead atoms. The Morgan fingerprint density at radius 3 is 2.80 bits per heavy atom. The summed E-state index contributed by atoms with van der Waals surface area (Å²) in [5, 5.41) is 0. The zero-order valence-electron chi connectivity index (χ0n) is 11.1. The molecule has 1 unspecified atom stereocenters. The summed E-state index contributed by atoms with van der Waals surface area (Å²) < 4.78 is 0.942. The minimum Gasteiger partial charge on any atom is -0.369 e. The van der Waals surface area contributed by atoms with E-state index in [0.717, 1.165) is 22.9 Å². The lowest BCUT2D eigenvalue weighted by molar-refractivity contribution is -0.130. The number of halogens is 1. The number of hydrogen-bond acceptors (Lipinski definition) is 2. The van der Waals surface area contributed by atoms with E-state index in [0.29, 0.717) is 13.1 Å². The third kappa shape index (κ3) is 3.70. The van der Waals surface area contributed by atoms with Crippen molar-refractivity contribution in [3.8, 4) is 0 Å². The first-order chi connectivity index (χ1) is 9.58. The Balaban J connectivity index is 2.01. The first kappa shape index (κ1) is 14.8. The van der Waals surface area contributed by atoms with Crippen LogP contribution in [-0.2, 0) is 9.59 Å². The standard InChI is InChI=1S/C15H17BrN2O2/c16-13-6-2-1-4-11(13)7-8-14(19)18-9-3-5-12(10-18)15(17)20/h1-2,4,6-8,12H,3,5,9-10H2,(H2,17,20). The third-order valence-electron chi connectivity index (χ3n) is 3.45. The van der Waals surface area contributed by atoms with Gasteiger partial charge in [-0.3, -0.25) is 9.59 Å². The quantitative estimate of drug-likeness (QED) is 0.860. The van der Waals surface area contributed by atoms with E-state index in [9.17, 15) is 9.59 Å². The summed E-state index contributed by atoms with van der Waals surface area (Å²) >= 11 is 3.43. The predicted octanol–water partition coefficient (Wildman–Crippen LogP) is 2.19. The predicted molar refractivity (Wildman–Crippen MR) is 81.7 cm³/mol. The molecule has 1 saturated heterocycles. The molecule has 1 aromatic rings. The molecule has 0 saturated carbocycles. The second-order valence-electron chi connectivity index (χ2n) is 4.88. The Morgan fingerprint density at radius 1 is 1.35 bits per heavy atom. The van der Waals surface area contributed by atoms with E-state index in [4.69, 9.17) is 5.73 Å². The number of carbonyl (C=O) groups excluding carboxylic acids is 2. The van der Waals surface area contributed by atoms with Crippen LogP contribution in [0.25, 0.3) is 6.08 Å². The fourth-order valence-corrected chi connectivity index (χ4v) is 2.70. The summed E-state index contributed by atoms with van der Waals surface area (Å²) in [6.45, 7) is 1.11. The van der Waals surface area contributed by atoms with Crippen LogP contribution >= 0.6 is 15.9 Å². The highest BCUT2D eigenvalue weighted by molar-refractivity contribution is 9.10. The van der Waals surface area contributed by atoms with Gasteiger partial charge in [-0.15, -0.1) is 0 Å². The van der Waals surface area contributed by atoms with E-state index in [1.807, 2.05) is 24.3 Å². The van der Waals surface area contributed by atoms with Crippen molar-refractivity contribution < 1.29 is 9.59 Å². The van der Waals surface area contributed by atoms with Crippen molar-refractivity contribution in [2.24, 2.45) is 11.7 Å². The Hall–Kier alpha value is -1.62. The van der Waals surface area contributed by atoms with Gasteiger partial charge in [-0.25, -0.2) is 0 Å². The smallest absolute Gasteiger partial charge is 0.246 e. The number of nitrogens with two attached hydrogens (primary N) is 1. The van der Waals surface area contributed by atoms with Crippen LogP contribution < -0.4 is 5.73 Å². The van der Waals surface area contributed by atoms with Gasteiger partial charge in [0.1, 0.15) is 0 Å². The third-order valence-corrected chi connectivity index (χ3v) is 4.17. The zero-order chi connectivity index (χ0) is 14.5. The Labute approximate surface area is 126 Å². The highest BCUT2D eigenvalue weighted by atomic mass is 79.9. The number of amides is 2. The number of piperidine rings is 1. The molecule has 20 heavy (non-hydrogen) atoms. The fourth-order valence-electron chi connectivity index (χ4n) is 2.29. The highest BCUT2D eigenvalue weighted by Gasteiger charge is 2.25. The fraction of sp³-hybridized carbons (Fsp3) is 0.333. The second-order valence-corrected chi connectivity index (χ2v) is 5.73. The number of hydrogen-bond donors (Lipinski definition) is 1. The number of carbonyl (C=O) groups is 2. The van der Waals surface area contributed by atoms with Gasteiger partial charge in [-0.1, -0.05) is 34.1 Å². The van der Waals surface area contributed by atoms with Crippen LogP contribution in [0.3, 0.4) is 0 Å². The molecule has 4 nitrogen and oxygen atoms in total. The Morgan fingerprint density at radius 2 is 2.10 bits per heavy atom. The van der Waals surface area contributed by atoms with Gasteiger partial charge in [0, 0.05) is 23.6 Å². The van der Waals surface area contributed by atoms with Gasteiger partial charge in [-0.05, 0) is 30.5 Å². The highest BCUT2D eigenvalue weighted by Crippen LogP contribution is 2.19. The van der Waals surface area contributed by atoms with Crippen molar-refractivity contribution in [3.05, 3.63) is 40.4 Å². The molecule has 1 fully saturated rings. The summed E-state index contributed by atoms with van der Waals surface area (Å²) in [7, 11) is 0. The molecule has 1 aromatic carbocycles. The summed E-state index contributed by atoms with van der Waals surface area (Å²) in [6.07, 6.45) is 4.92. The van der Waals surface area contributed by atoms with Crippen LogP contribution in [0.15, 0.2) is 34.8 Å². The maximum Gasteiger partial charge on any atom is 0.246 e. The summed E-state index contributed by atoms with van der Waals surface area (Å²) in [6, 6.07) is 7.69. The molecule has 106 valence electrons. The first-order valence-electron chi connectivity index (χ1n) is 6.59. The van der Waals surface area contributed by atoms with Gasteiger partial charge in [0.2, 0.25) is 11.8 Å². The molecule has 2 rings (SSSR count). The summed E-state index contributed by atoms with van der Waals surface area (Å²) in [5.41, 5.74) is 6.26. The maximum atomic E-state index is 12.1. The van der Waals surface area contributed by atoms with Crippen LogP contribution in [0.1, 0.15) is 18.4 Å². The molecule has 0 spiro atoms. The Kier molecular flexibility index (Phi) is 4.95. The molecule has 0 aromatic heterocycles. The molecule has 2 amide bonds. The van der Waals surface area contributed by atoms with Gasteiger partial charge in [-0.2, -0.15) is 0 Å². The van der Waals surface area contributed by atoms with Gasteiger partial charge in [0.15, 0.2) is 0 Å².